The van der Waals surface area contributed by atoms with E-state index in [1.807, 2.05) is 6.07 Å². The van der Waals surface area contributed by atoms with Crippen LogP contribution in [0.5, 0.6) is 0 Å². The Bertz CT molecular complexity index is 1390. The van der Waals surface area contributed by atoms with E-state index in [2.05, 4.69) is 10.6 Å². The summed E-state index contributed by atoms with van der Waals surface area (Å²) in [5, 5.41) is 15.7. The summed E-state index contributed by atoms with van der Waals surface area (Å²) in [4.78, 5) is 40.6. The Hall–Kier alpha value is -3.81. The maximum absolute atomic E-state index is 14.0. The lowest BCUT2D eigenvalue weighted by molar-refractivity contribution is -0.135. The zero-order valence-electron chi connectivity index (χ0n) is 17.5. The molecule has 170 valence electrons. The third kappa shape index (κ3) is 3.24. The number of aliphatic carboxylic acids is 1. The smallest absolute Gasteiger partial charge is 0.322 e. The summed E-state index contributed by atoms with van der Waals surface area (Å²) >= 11 is 12.4. The van der Waals surface area contributed by atoms with Crippen molar-refractivity contribution in [3.05, 3.63) is 99.7 Å². The minimum Gasteiger partial charge on any atom is -0.480 e. The lowest BCUT2D eigenvalue weighted by atomic mass is 9.80. The van der Waals surface area contributed by atoms with Crippen LogP contribution in [0.25, 0.3) is 5.57 Å². The number of carbonyl (C=O) groups is 3. The van der Waals surface area contributed by atoms with Gasteiger partial charge in [-0.3, -0.25) is 19.3 Å². The van der Waals surface area contributed by atoms with Crippen LogP contribution in [-0.4, -0.2) is 29.4 Å². The summed E-state index contributed by atoms with van der Waals surface area (Å²) in [6, 6.07) is 20.5. The normalized spacial score (nSPS) is 18.9. The molecule has 0 aromatic heterocycles. The second kappa shape index (κ2) is 8.20. The van der Waals surface area contributed by atoms with Crippen LogP contribution in [0.1, 0.15) is 11.1 Å². The summed E-state index contributed by atoms with van der Waals surface area (Å²) in [5.74, 6) is -2.17. The number of hydrogen-bond acceptors (Lipinski definition) is 4. The van der Waals surface area contributed by atoms with Gasteiger partial charge >= 0.3 is 5.97 Å². The van der Waals surface area contributed by atoms with E-state index in [4.69, 9.17) is 23.2 Å². The summed E-state index contributed by atoms with van der Waals surface area (Å²) < 4.78 is 0. The maximum Gasteiger partial charge on any atom is 0.322 e. The third-order valence-electron chi connectivity index (χ3n) is 5.86. The number of halogens is 2. The van der Waals surface area contributed by atoms with Crippen LogP contribution < -0.4 is 15.5 Å². The monoisotopic (exact) mass is 493 g/mol. The van der Waals surface area contributed by atoms with Crippen LogP contribution >= 0.6 is 23.2 Å². The molecule has 2 aliphatic heterocycles. The van der Waals surface area contributed by atoms with E-state index in [0.717, 1.165) is 0 Å². The van der Waals surface area contributed by atoms with Crippen molar-refractivity contribution in [1.82, 2.24) is 5.32 Å². The molecule has 3 aromatic rings. The van der Waals surface area contributed by atoms with E-state index >= 15 is 0 Å². The highest BCUT2D eigenvalue weighted by molar-refractivity contribution is 6.34. The van der Waals surface area contributed by atoms with Crippen LogP contribution in [0, 0.1) is 0 Å². The molecule has 7 nitrogen and oxygen atoms in total. The first-order valence-corrected chi connectivity index (χ1v) is 11.1. The molecule has 0 bridgehead atoms. The number of anilines is 2. The number of carboxylic acids is 1. The van der Waals surface area contributed by atoms with Gasteiger partial charge in [-0.15, -0.1) is 0 Å². The largest absolute Gasteiger partial charge is 0.480 e. The van der Waals surface area contributed by atoms with Crippen molar-refractivity contribution >= 4 is 57.9 Å². The fourth-order valence-electron chi connectivity index (χ4n) is 4.62. The molecule has 0 aliphatic carbocycles. The highest BCUT2D eigenvalue weighted by atomic mass is 35.5. The van der Waals surface area contributed by atoms with Gasteiger partial charge < -0.3 is 15.7 Å². The Morgan fingerprint density at radius 1 is 0.971 bits per heavy atom. The highest BCUT2D eigenvalue weighted by Gasteiger charge is 2.62. The predicted molar refractivity (Wildman–Crippen MR) is 130 cm³/mol. The molecule has 0 fully saturated rings. The van der Waals surface area contributed by atoms with Gasteiger partial charge in [-0.2, -0.15) is 0 Å². The maximum atomic E-state index is 14.0. The number of nitrogens with zero attached hydrogens (tertiary/aromatic N) is 1. The number of amides is 2. The Balaban J connectivity index is 1.87. The quantitative estimate of drug-likeness (QED) is 0.492. The fourth-order valence-corrected chi connectivity index (χ4v) is 4.97. The van der Waals surface area contributed by atoms with E-state index < -0.39 is 29.9 Å². The number of hydrogen-bond donors (Lipinski definition) is 3. The molecule has 34 heavy (non-hydrogen) atoms. The van der Waals surface area contributed by atoms with E-state index in [9.17, 15) is 19.5 Å². The first kappa shape index (κ1) is 22.0. The molecule has 3 N–H and O–H groups in total. The van der Waals surface area contributed by atoms with Crippen molar-refractivity contribution in [2.75, 3.05) is 16.8 Å². The number of nitrogens with one attached hydrogen (secondary N) is 2. The number of rotatable bonds is 5. The van der Waals surface area contributed by atoms with Crippen LogP contribution in [0.4, 0.5) is 11.4 Å². The van der Waals surface area contributed by atoms with Crippen LogP contribution in [0.3, 0.4) is 0 Å². The predicted octanol–water partition coefficient (Wildman–Crippen LogP) is 4.27. The first-order valence-electron chi connectivity index (χ1n) is 10.3. The molecule has 5 rings (SSSR count). The van der Waals surface area contributed by atoms with Crippen LogP contribution in [-0.2, 0) is 19.9 Å². The molecule has 2 heterocycles. The first-order chi connectivity index (χ1) is 16.3. The van der Waals surface area contributed by atoms with Gasteiger partial charge in [0.2, 0.25) is 0 Å². The standard InChI is InChI=1S/C25H17Cl2N3O4/c26-15-7-4-8-17(11-15)30-23(33)22(28-13-20(31)32)21(14-5-2-1-3-6-14)25(30)18-10-9-16(27)12-19(18)29-24(25)34/h1-12,28H,13H2,(H,29,34)(H,31,32). The minimum absolute atomic E-state index is 0.0199. The second-order valence-corrected chi connectivity index (χ2v) is 8.71. The van der Waals surface area contributed by atoms with Gasteiger partial charge in [0.05, 0.1) is 0 Å². The SMILES string of the molecule is O=C(O)CNC1=C(c2ccccc2)C2(C(=O)Nc3cc(Cl)ccc32)N(c2cccc(Cl)c2)C1=O. The average Bonchev–Trinajstić information content (AvgIpc) is 3.23. The van der Waals surface area contributed by atoms with Crippen molar-refractivity contribution in [2.45, 2.75) is 5.54 Å². The summed E-state index contributed by atoms with van der Waals surface area (Å²) in [6.45, 7) is -0.508. The Labute approximate surface area is 204 Å². The summed E-state index contributed by atoms with van der Waals surface area (Å²) in [6.07, 6.45) is 0. The van der Waals surface area contributed by atoms with Gasteiger partial charge in [-0.1, -0.05) is 65.7 Å². The summed E-state index contributed by atoms with van der Waals surface area (Å²) in [5.41, 5.74) is 0.697. The van der Waals surface area contributed by atoms with Crippen molar-refractivity contribution in [2.24, 2.45) is 0 Å². The zero-order chi connectivity index (χ0) is 24.0. The number of carbonyl (C=O) groups excluding carboxylic acids is 2. The van der Waals surface area contributed by atoms with E-state index in [0.29, 0.717) is 38.1 Å². The van der Waals surface area contributed by atoms with Gasteiger partial charge in [-0.25, -0.2) is 0 Å². The molecule has 3 aromatic carbocycles. The van der Waals surface area contributed by atoms with Gasteiger partial charge in [0, 0.05) is 32.6 Å². The molecule has 1 atom stereocenters. The van der Waals surface area contributed by atoms with Gasteiger partial charge in [0.1, 0.15) is 12.2 Å². The molecule has 1 unspecified atom stereocenters. The van der Waals surface area contributed by atoms with Crippen molar-refractivity contribution in [3.63, 3.8) is 0 Å². The Morgan fingerprint density at radius 3 is 2.41 bits per heavy atom. The average molecular weight is 494 g/mol. The lowest BCUT2D eigenvalue weighted by Gasteiger charge is -2.36. The van der Waals surface area contributed by atoms with Gasteiger partial charge in [0.15, 0.2) is 5.54 Å². The Kier molecular flexibility index (Phi) is 5.31. The topological polar surface area (TPSA) is 98.7 Å². The van der Waals surface area contributed by atoms with Gasteiger partial charge in [0.25, 0.3) is 11.8 Å². The van der Waals surface area contributed by atoms with Gasteiger partial charge in [-0.05, 0) is 35.9 Å². The van der Waals surface area contributed by atoms with Crippen LogP contribution in [0.15, 0.2) is 78.5 Å². The molecule has 2 aliphatic rings. The van der Waals surface area contributed by atoms with Crippen molar-refractivity contribution in [1.29, 1.82) is 0 Å². The molecule has 2 amide bonds. The van der Waals surface area contributed by atoms with Crippen molar-refractivity contribution in [3.8, 4) is 0 Å². The van der Waals surface area contributed by atoms with E-state index in [1.165, 1.54) is 4.90 Å². The highest BCUT2D eigenvalue weighted by Crippen LogP contribution is 2.55. The van der Waals surface area contributed by atoms with Crippen LogP contribution in [0.2, 0.25) is 10.0 Å². The molecule has 9 heteroatoms. The fraction of sp³-hybridized carbons (Fsp3) is 0.0800. The number of carboxylic acid groups (broad SMARTS) is 1. The summed E-state index contributed by atoms with van der Waals surface area (Å²) in [7, 11) is 0. The minimum atomic E-state index is -1.62. The zero-order valence-corrected chi connectivity index (χ0v) is 19.0. The Morgan fingerprint density at radius 2 is 1.71 bits per heavy atom. The second-order valence-electron chi connectivity index (χ2n) is 7.84. The molecule has 1 spiro atoms. The molecule has 0 saturated carbocycles. The molecule has 0 radical (unpaired) electrons. The van der Waals surface area contributed by atoms with E-state index in [-0.39, 0.29) is 5.70 Å². The molecular formula is C25H17Cl2N3O4. The molecular weight excluding hydrogens is 477 g/mol. The molecule has 0 saturated heterocycles. The number of fused-ring (bicyclic) bond motifs is 2. The van der Waals surface area contributed by atoms with Crippen molar-refractivity contribution < 1.29 is 19.5 Å². The number of benzene rings is 3. The van der Waals surface area contributed by atoms with E-state index in [1.54, 1.807) is 66.7 Å². The lowest BCUT2D eigenvalue weighted by Crippen LogP contribution is -2.51. The third-order valence-corrected chi connectivity index (χ3v) is 6.33.